The second kappa shape index (κ2) is 20.0. The number of nitrogens with zero attached hydrogens (tertiary/aromatic N) is 2. The Labute approximate surface area is 473 Å². The molecule has 0 atom stereocenters. The van der Waals surface area contributed by atoms with Crippen LogP contribution in [0.2, 0.25) is 0 Å². The molecule has 81 heavy (non-hydrogen) atoms. The summed E-state index contributed by atoms with van der Waals surface area (Å²) in [6.45, 7) is 0. The minimum absolute atomic E-state index is 0.490. The van der Waals surface area contributed by atoms with Crippen molar-refractivity contribution >= 4 is 38.9 Å². The Bertz CT molecular complexity index is 4580. The number of para-hydroxylation sites is 3. The zero-order chi connectivity index (χ0) is 53.7. The molecule has 1 aromatic heterocycles. The molecule has 0 amide bonds. The average Bonchev–Trinajstić information content (AvgIpc) is 3.47. The molecule has 1 heterocycles. The Balaban J connectivity index is 0.896. The molecule has 0 bridgehead atoms. The Morgan fingerprint density at radius 3 is 1.44 bits per heavy atom. The van der Waals surface area contributed by atoms with E-state index in [0.717, 1.165) is 50.6 Å². The predicted molar refractivity (Wildman–Crippen MR) is 340 cm³/mol. The standard InChI is InChI=1S/C79H54N2/c1-5-24-56(25-6-1)65-34-13-14-35-66(65)67-36-15-16-37-68(67)71-39-18-21-42-76(71)80(64-33-23-26-57(52-64)59-47-51-73-72-40-19-22-43-77(72)81(78(73)54-59)62-31-11-4-12-32-62)63-48-44-55(45-49-63)58-46-50-70-69-38-17-20-41-74(69)79(75(70)53-58,60-27-7-2-8-28-60)61-29-9-3-10-30-61/h1-54H. The highest BCUT2D eigenvalue weighted by atomic mass is 15.1. The van der Waals surface area contributed by atoms with Crippen molar-refractivity contribution in [2.45, 2.75) is 5.41 Å². The van der Waals surface area contributed by atoms with E-state index >= 15 is 0 Å². The van der Waals surface area contributed by atoms with Gasteiger partial charge in [0.2, 0.25) is 0 Å². The highest BCUT2D eigenvalue weighted by Gasteiger charge is 2.46. The molecule has 1 aliphatic rings. The molecule has 13 aromatic carbocycles. The predicted octanol–water partition coefficient (Wildman–Crippen LogP) is 21.0. The lowest BCUT2D eigenvalue weighted by Crippen LogP contribution is -2.28. The van der Waals surface area contributed by atoms with Crippen molar-refractivity contribution in [2.24, 2.45) is 0 Å². The van der Waals surface area contributed by atoms with Gasteiger partial charge < -0.3 is 9.47 Å². The number of benzene rings is 13. The van der Waals surface area contributed by atoms with Gasteiger partial charge in [-0.15, -0.1) is 0 Å². The molecule has 0 N–H and O–H groups in total. The number of hydrogen-bond donors (Lipinski definition) is 0. The molecule has 0 saturated heterocycles. The van der Waals surface area contributed by atoms with Gasteiger partial charge in [-0.1, -0.05) is 267 Å². The van der Waals surface area contributed by atoms with E-state index in [1.54, 1.807) is 0 Å². The lowest BCUT2D eigenvalue weighted by atomic mass is 9.67. The van der Waals surface area contributed by atoms with E-state index in [4.69, 9.17) is 0 Å². The van der Waals surface area contributed by atoms with Crippen molar-refractivity contribution in [3.63, 3.8) is 0 Å². The van der Waals surface area contributed by atoms with Crippen molar-refractivity contribution in [3.05, 3.63) is 350 Å². The summed E-state index contributed by atoms with van der Waals surface area (Å²) < 4.78 is 2.40. The van der Waals surface area contributed by atoms with E-state index in [2.05, 4.69) is 337 Å². The van der Waals surface area contributed by atoms with Crippen LogP contribution >= 0.6 is 0 Å². The first-order valence-corrected chi connectivity index (χ1v) is 28.0. The lowest BCUT2D eigenvalue weighted by molar-refractivity contribution is 0.769. The van der Waals surface area contributed by atoms with Gasteiger partial charge in [0.1, 0.15) is 0 Å². The van der Waals surface area contributed by atoms with E-state index in [1.165, 1.54) is 83.0 Å². The number of anilines is 3. The second-order valence-corrected chi connectivity index (χ2v) is 21.1. The first kappa shape index (κ1) is 47.7. The third-order valence-electron chi connectivity index (χ3n) is 16.7. The Kier molecular flexibility index (Phi) is 11.8. The fourth-order valence-electron chi connectivity index (χ4n) is 13.1. The van der Waals surface area contributed by atoms with E-state index in [-0.39, 0.29) is 0 Å². The van der Waals surface area contributed by atoms with Crippen LogP contribution in [0.15, 0.2) is 328 Å². The molecule has 0 radical (unpaired) electrons. The minimum atomic E-state index is -0.490. The van der Waals surface area contributed by atoms with Crippen LogP contribution in [0.4, 0.5) is 17.1 Å². The second-order valence-electron chi connectivity index (χ2n) is 21.1. The van der Waals surface area contributed by atoms with Crippen molar-refractivity contribution in [3.8, 4) is 72.4 Å². The quantitative estimate of drug-likeness (QED) is 0.125. The number of aromatic nitrogens is 1. The monoisotopic (exact) mass is 1030 g/mol. The normalized spacial score (nSPS) is 12.3. The molecule has 0 saturated carbocycles. The van der Waals surface area contributed by atoms with Crippen LogP contribution in [0.25, 0.3) is 94.3 Å². The maximum Gasteiger partial charge on any atom is 0.0713 e. The molecule has 15 rings (SSSR count). The van der Waals surface area contributed by atoms with Crippen LogP contribution in [0, 0.1) is 0 Å². The van der Waals surface area contributed by atoms with Crippen molar-refractivity contribution in [1.29, 1.82) is 0 Å². The zero-order valence-corrected chi connectivity index (χ0v) is 44.6. The first-order valence-electron chi connectivity index (χ1n) is 28.0. The Morgan fingerprint density at radius 2 is 0.728 bits per heavy atom. The topological polar surface area (TPSA) is 8.17 Å². The average molecular weight is 1030 g/mol. The van der Waals surface area contributed by atoms with Gasteiger partial charge in [0.25, 0.3) is 0 Å². The van der Waals surface area contributed by atoms with Crippen LogP contribution in [-0.2, 0) is 5.41 Å². The molecule has 14 aromatic rings. The van der Waals surface area contributed by atoms with Gasteiger partial charge in [-0.2, -0.15) is 0 Å². The maximum absolute atomic E-state index is 2.46. The molecule has 0 fully saturated rings. The van der Waals surface area contributed by atoms with Crippen molar-refractivity contribution in [1.82, 2.24) is 4.57 Å². The van der Waals surface area contributed by atoms with Gasteiger partial charge in [0, 0.05) is 33.4 Å². The molecule has 1 aliphatic carbocycles. The van der Waals surface area contributed by atoms with Crippen LogP contribution in [0.5, 0.6) is 0 Å². The van der Waals surface area contributed by atoms with Gasteiger partial charge in [-0.05, 0) is 144 Å². The Hall–Kier alpha value is -10.5. The first-order chi connectivity index (χ1) is 40.2. The van der Waals surface area contributed by atoms with E-state index in [9.17, 15) is 0 Å². The van der Waals surface area contributed by atoms with E-state index in [0.29, 0.717) is 0 Å². The SMILES string of the molecule is c1ccc(-c2ccccc2-c2ccccc2-c2ccccc2N(c2ccc(-c3ccc4c(c3)C(c3ccccc3)(c3ccccc3)c3ccccc3-4)cc2)c2cccc(-c3ccc4c5ccccc5n(-c5ccccc5)c4c3)c2)cc1. The number of fused-ring (bicyclic) bond motifs is 6. The molecule has 2 heteroatoms. The third-order valence-corrected chi connectivity index (χ3v) is 16.7. The van der Waals surface area contributed by atoms with Gasteiger partial charge >= 0.3 is 0 Å². The molecular weight excluding hydrogens is 977 g/mol. The Morgan fingerprint density at radius 1 is 0.247 bits per heavy atom. The van der Waals surface area contributed by atoms with Gasteiger partial charge in [-0.3, -0.25) is 0 Å². The van der Waals surface area contributed by atoms with Gasteiger partial charge in [0.15, 0.2) is 0 Å². The summed E-state index contributed by atoms with van der Waals surface area (Å²) in [7, 11) is 0. The highest BCUT2D eigenvalue weighted by Crippen LogP contribution is 2.57. The molecule has 380 valence electrons. The summed E-state index contributed by atoms with van der Waals surface area (Å²) in [6.07, 6.45) is 0. The largest absolute Gasteiger partial charge is 0.310 e. The van der Waals surface area contributed by atoms with Crippen LogP contribution in [-0.4, -0.2) is 4.57 Å². The van der Waals surface area contributed by atoms with Crippen molar-refractivity contribution < 1.29 is 0 Å². The molecule has 0 spiro atoms. The number of rotatable bonds is 11. The van der Waals surface area contributed by atoms with Gasteiger partial charge in [-0.25, -0.2) is 0 Å². The van der Waals surface area contributed by atoms with Crippen LogP contribution in [0.3, 0.4) is 0 Å². The minimum Gasteiger partial charge on any atom is -0.310 e. The summed E-state index contributed by atoms with van der Waals surface area (Å²) >= 11 is 0. The fraction of sp³-hybridized carbons (Fsp3) is 0.0127. The molecule has 0 unspecified atom stereocenters. The third kappa shape index (κ3) is 8.03. The summed E-state index contributed by atoms with van der Waals surface area (Å²) in [5.74, 6) is 0. The van der Waals surface area contributed by atoms with Gasteiger partial charge in [0.05, 0.1) is 22.1 Å². The summed E-state index contributed by atoms with van der Waals surface area (Å²) in [5.41, 5.74) is 25.6. The zero-order valence-electron chi connectivity index (χ0n) is 44.6. The van der Waals surface area contributed by atoms with E-state index < -0.39 is 5.41 Å². The lowest BCUT2D eigenvalue weighted by Gasteiger charge is -2.34. The highest BCUT2D eigenvalue weighted by molar-refractivity contribution is 6.10. The van der Waals surface area contributed by atoms with Crippen LogP contribution in [0.1, 0.15) is 22.3 Å². The molecule has 0 aliphatic heterocycles. The summed E-state index contributed by atoms with van der Waals surface area (Å²) in [6, 6.07) is 120. The van der Waals surface area contributed by atoms with Crippen molar-refractivity contribution in [2.75, 3.05) is 4.90 Å². The summed E-state index contributed by atoms with van der Waals surface area (Å²) in [5, 5.41) is 2.47. The fourth-order valence-corrected chi connectivity index (χ4v) is 13.1. The summed E-state index contributed by atoms with van der Waals surface area (Å²) in [4.78, 5) is 2.46. The smallest absolute Gasteiger partial charge is 0.0713 e. The molecular formula is C79H54N2. The van der Waals surface area contributed by atoms with E-state index in [1.807, 2.05) is 0 Å². The number of hydrogen-bond acceptors (Lipinski definition) is 1. The molecule has 2 nitrogen and oxygen atoms in total. The van der Waals surface area contributed by atoms with Crippen LogP contribution < -0.4 is 4.90 Å². The maximum atomic E-state index is 2.46.